The zero-order valence-corrected chi connectivity index (χ0v) is 10.7. The third-order valence-corrected chi connectivity index (χ3v) is 3.55. The number of hydrogen-bond donors (Lipinski definition) is 2. The molecule has 0 unspecified atom stereocenters. The van der Waals surface area contributed by atoms with Gasteiger partial charge in [0, 0.05) is 12.1 Å². The van der Waals surface area contributed by atoms with Crippen LogP contribution >= 0.6 is 0 Å². The smallest absolute Gasteiger partial charge is 0.323 e. The predicted molar refractivity (Wildman–Crippen MR) is 67.8 cm³/mol. The summed E-state index contributed by atoms with van der Waals surface area (Å²) < 4.78 is 1.27. The monoisotopic (exact) mass is 267 g/mol. The number of carbonyl (C=O) groups excluding carboxylic acids is 1. The Morgan fingerprint density at radius 1 is 1.42 bits per heavy atom. The summed E-state index contributed by atoms with van der Waals surface area (Å²) in [4.78, 5) is 22.2. The first-order chi connectivity index (χ1) is 8.99. The van der Waals surface area contributed by atoms with Crippen LogP contribution in [0.2, 0.25) is 0 Å². The van der Waals surface area contributed by atoms with Crippen LogP contribution in [0.1, 0.15) is 36.2 Å². The zero-order valence-electron chi connectivity index (χ0n) is 10.7. The Balaban J connectivity index is 2.02. The molecule has 1 amide bonds. The number of rotatable bonds is 3. The molecule has 1 fully saturated rings. The second-order valence-corrected chi connectivity index (χ2v) is 4.87. The SMILES string of the molecule is Cn1c(C(=O)NC2CCC(O)CC2)ccc1[N+](=O)[O-]. The third-order valence-electron chi connectivity index (χ3n) is 3.55. The topological polar surface area (TPSA) is 97.4 Å². The van der Waals surface area contributed by atoms with Gasteiger partial charge in [-0.3, -0.25) is 4.79 Å². The third kappa shape index (κ3) is 2.93. The molecule has 7 heteroatoms. The molecule has 0 aliphatic heterocycles. The van der Waals surface area contributed by atoms with Crippen molar-refractivity contribution in [2.75, 3.05) is 0 Å². The van der Waals surface area contributed by atoms with E-state index < -0.39 is 4.92 Å². The molecule has 1 aromatic rings. The van der Waals surface area contributed by atoms with Crippen molar-refractivity contribution in [2.24, 2.45) is 7.05 Å². The van der Waals surface area contributed by atoms with Gasteiger partial charge in [0.05, 0.1) is 13.2 Å². The fraction of sp³-hybridized carbons (Fsp3) is 0.583. The highest BCUT2D eigenvalue weighted by molar-refractivity contribution is 5.93. The Hall–Kier alpha value is -1.89. The molecule has 1 aliphatic carbocycles. The Morgan fingerprint density at radius 3 is 2.58 bits per heavy atom. The van der Waals surface area contributed by atoms with Crippen molar-refractivity contribution < 1.29 is 14.8 Å². The molecule has 0 spiro atoms. The first kappa shape index (κ1) is 13.5. The van der Waals surface area contributed by atoms with Crippen molar-refractivity contribution in [3.8, 4) is 0 Å². The first-order valence-corrected chi connectivity index (χ1v) is 6.28. The summed E-state index contributed by atoms with van der Waals surface area (Å²) in [5.41, 5.74) is 0.276. The average molecular weight is 267 g/mol. The highest BCUT2D eigenvalue weighted by Crippen LogP contribution is 2.20. The minimum Gasteiger partial charge on any atom is -0.393 e. The Kier molecular flexibility index (Phi) is 3.84. The lowest BCUT2D eigenvalue weighted by Gasteiger charge is -2.25. The summed E-state index contributed by atoms with van der Waals surface area (Å²) >= 11 is 0. The molecule has 0 radical (unpaired) electrons. The van der Waals surface area contributed by atoms with E-state index in [1.54, 1.807) is 0 Å². The summed E-state index contributed by atoms with van der Waals surface area (Å²) in [6.07, 6.45) is 2.55. The van der Waals surface area contributed by atoms with Crippen LogP contribution < -0.4 is 5.32 Å². The summed E-state index contributed by atoms with van der Waals surface area (Å²) in [7, 11) is 1.50. The van der Waals surface area contributed by atoms with Crippen LogP contribution in [0.4, 0.5) is 5.82 Å². The largest absolute Gasteiger partial charge is 0.393 e. The molecule has 19 heavy (non-hydrogen) atoms. The van der Waals surface area contributed by atoms with Crippen molar-refractivity contribution in [3.05, 3.63) is 27.9 Å². The Bertz CT molecular complexity index is 489. The van der Waals surface area contributed by atoms with E-state index in [9.17, 15) is 20.0 Å². The van der Waals surface area contributed by atoms with Gasteiger partial charge in [0.1, 0.15) is 0 Å². The maximum atomic E-state index is 12.0. The molecule has 0 saturated heterocycles. The standard InChI is InChI=1S/C12H17N3O4/c1-14-10(6-7-11(14)15(18)19)12(17)13-8-2-4-9(16)5-3-8/h6-9,16H,2-5H2,1H3,(H,13,17). The van der Waals surface area contributed by atoms with E-state index in [0.29, 0.717) is 12.8 Å². The molecule has 2 N–H and O–H groups in total. The number of aromatic nitrogens is 1. The van der Waals surface area contributed by atoms with Gasteiger partial charge in [-0.1, -0.05) is 0 Å². The second-order valence-electron chi connectivity index (χ2n) is 4.87. The predicted octanol–water partition coefficient (Wildman–Crippen LogP) is 0.967. The van der Waals surface area contributed by atoms with Crippen molar-refractivity contribution in [1.82, 2.24) is 9.88 Å². The van der Waals surface area contributed by atoms with Crippen LogP contribution in [0, 0.1) is 10.1 Å². The molecule has 2 rings (SSSR count). The molecular formula is C12H17N3O4. The Morgan fingerprint density at radius 2 is 2.05 bits per heavy atom. The normalized spacial score (nSPS) is 23.1. The van der Waals surface area contributed by atoms with E-state index in [2.05, 4.69) is 5.32 Å². The van der Waals surface area contributed by atoms with Crippen LogP contribution in [0.15, 0.2) is 12.1 Å². The number of hydrogen-bond acceptors (Lipinski definition) is 4. The number of nitro groups is 1. The quantitative estimate of drug-likeness (QED) is 0.629. The maximum absolute atomic E-state index is 12.0. The molecule has 0 atom stereocenters. The van der Waals surface area contributed by atoms with Crippen LogP contribution in [-0.2, 0) is 7.05 Å². The molecule has 0 bridgehead atoms. The fourth-order valence-corrected chi connectivity index (χ4v) is 2.39. The number of carbonyl (C=O) groups is 1. The van der Waals surface area contributed by atoms with Gasteiger partial charge in [0.25, 0.3) is 5.91 Å². The van der Waals surface area contributed by atoms with E-state index in [4.69, 9.17) is 0 Å². The highest BCUT2D eigenvalue weighted by atomic mass is 16.6. The van der Waals surface area contributed by atoms with E-state index in [1.165, 1.54) is 23.7 Å². The number of amides is 1. The van der Waals surface area contributed by atoms with Gasteiger partial charge >= 0.3 is 5.82 Å². The van der Waals surface area contributed by atoms with Crippen LogP contribution in [0.25, 0.3) is 0 Å². The van der Waals surface area contributed by atoms with E-state index in [-0.39, 0.29) is 29.6 Å². The van der Waals surface area contributed by atoms with Gasteiger partial charge in [-0.15, -0.1) is 0 Å². The maximum Gasteiger partial charge on any atom is 0.323 e. The Labute approximate surface area is 110 Å². The molecular weight excluding hydrogens is 250 g/mol. The van der Waals surface area contributed by atoms with Gasteiger partial charge in [-0.25, -0.2) is 4.57 Å². The lowest BCUT2D eigenvalue weighted by atomic mass is 9.93. The fourth-order valence-electron chi connectivity index (χ4n) is 2.39. The summed E-state index contributed by atoms with van der Waals surface area (Å²) in [6.45, 7) is 0. The molecule has 1 aromatic heterocycles. The molecule has 1 aliphatic rings. The second kappa shape index (κ2) is 5.40. The van der Waals surface area contributed by atoms with Gasteiger partial charge in [0.15, 0.2) is 5.69 Å². The van der Waals surface area contributed by atoms with Gasteiger partial charge in [-0.05, 0) is 36.7 Å². The van der Waals surface area contributed by atoms with Gasteiger partial charge in [-0.2, -0.15) is 0 Å². The van der Waals surface area contributed by atoms with Crippen molar-refractivity contribution in [3.63, 3.8) is 0 Å². The molecule has 1 heterocycles. The minimum absolute atomic E-state index is 0.0323. The minimum atomic E-state index is -0.520. The van der Waals surface area contributed by atoms with Crippen molar-refractivity contribution in [1.29, 1.82) is 0 Å². The molecule has 104 valence electrons. The first-order valence-electron chi connectivity index (χ1n) is 6.28. The summed E-state index contributed by atoms with van der Waals surface area (Å²) in [6, 6.07) is 2.80. The van der Waals surface area contributed by atoms with E-state index in [1.807, 2.05) is 0 Å². The lowest BCUT2D eigenvalue weighted by molar-refractivity contribution is -0.391. The number of nitrogens with one attached hydrogen (secondary N) is 1. The van der Waals surface area contributed by atoms with Crippen LogP contribution in [0.5, 0.6) is 0 Å². The molecule has 7 nitrogen and oxygen atoms in total. The molecule has 1 saturated carbocycles. The van der Waals surface area contributed by atoms with Crippen molar-refractivity contribution >= 4 is 11.7 Å². The summed E-state index contributed by atoms with van der Waals surface area (Å²) in [5, 5.41) is 23.0. The number of aliphatic hydroxyl groups excluding tert-OH is 1. The van der Waals surface area contributed by atoms with Crippen LogP contribution in [-0.4, -0.2) is 32.6 Å². The number of nitrogens with zero attached hydrogens (tertiary/aromatic N) is 2. The van der Waals surface area contributed by atoms with Gasteiger partial charge in [0.2, 0.25) is 0 Å². The number of aliphatic hydroxyl groups is 1. The average Bonchev–Trinajstić information content (AvgIpc) is 2.74. The zero-order chi connectivity index (χ0) is 14.0. The van der Waals surface area contributed by atoms with Crippen molar-refractivity contribution in [2.45, 2.75) is 37.8 Å². The van der Waals surface area contributed by atoms with E-state index >= 15 is 0 Å². The van der Waals surface area contributed by atoms with E-state index in [0.717, 1.165) is 12.8 Å². The van der Waals surface area contributed by atoms with Crippen LogP contribution in [0.3, 0.4) is 0 Å². The highest BCUT2D eigenvalue weighted by Gasteiger charge is 2.25. The van der Waals surface area contributed by atoms with Gasteiger partial charge < -0.3 is 20.5 Å². The summed E-state index contributed by atoms with van der Waals surface area (Å²) in [5.74, 6) is -0.416. The molecule has 0 aromatic carbocycles. The lowest BCUT2D eigenvalue weighted by Crippen LogP contribution is -2.39.